The topological polar surface area (TPSA) is 30.3 Å². The van der Waals surface area contributed by atoms with Gasteiger partial charge >= 0.3 is 0 Å². The molecule has 1 fully saturated rings. The molecule has 1 aromatic carbocycles. The molecule has 0 atom stereocenters. The van der Waals surface area contributed by atoms with Crippen LogP contribution in [0.2, 0.25) is 0 Å². The van der Waals surface area contributed by atoms with Gasteiger partial charge in [0.2, 0.25) is 0 Å². The zero-order valence-electron chi connectivity index (χ0n) is 12.0. The minimum atomic E-state index is 0.742. The lowest BCUT2D eigenvalue weighted by Gasteiger charge is -2.35. The third kappa shape index (κ3) is 4.05. The first-order valence-corrected chi connectivity index (χ1v) is 7.11. The molecule has 1 aliphatic rings. The van der Waals surface area contributed by atoms with E-state index in [1.165, 1.54) is 6.54 Å². The van der Waals surface area contributed by atoms with Crippen molar-refractivity contribution >= 4 is 0 Å². The fraction of sp³-hybridized carbons (Fsp3) is 0.562. The molecule has 1 aromatic rings. The molecule has 0 spiro atoms. The van der Waals surface area contributed by atoms with Crippen LogP contribution in [0.3, 0.4) is 0 Å². The number of hydrogen-bond donors (Lipinski definition) is 0. The molecule has 0 aromatic heterocycles. The predicted molar refractivity (Wildman–Crippen MR) is 77.7 cm³/mol. The molecule has 0 saturated carbocycles. The van der Waals surface area contributed by atoms with Crippen molar-refractivity contribution in [3.05, 3.63) is 35.4 Å². The molecule has 19 heavy (non-hydrogen) atoms. The normalized spacial score (nSPS) is 17.6. The lowest BCUT2D eigenvalue weighted by atomic mass is 10.1. The minimum absolute atomic E-state index is 0.742. The fourth-order valence-electron chi connectivity index (χ4n) is 2.65. The molecule has 3 nitrogen and oxygen atoms in total. The summed E-state index contributed by atoms with van der Waals surface area (Å²) in [5, 5.41) is 9.11. The molecular formula is C16H23N3. The van der Waals surface area contributed by atoms with Crippen molar-refractivity contribution in [2.75, 3.05) is 32.7 Å². The predicted octanol–water partition coefficient (Wildman–Crippen LogP) is 2.33. The van der Waals surface area contributed by atoms with E-state index >= 15 is 0 Å². The summed E-state index contributed by atoms with van der Waals surface area (Å²) in [7, 11) is 0. The van der Waals surface area contributed by atoms with Crippen molar-refractivity contribution in [1.82, 2.24) is 9.80 Å². The molecule has 102 valence electrons. The molecule has 0 unspecified atom stereocenters. The van der Waals surface area contributed by atoms with E-state index in [1.807, 2.05) is 18.2 Å². The molecule has 0 amide bonds. The largest absolute Gasteiger partial charge is 0.301 e. The Hall–Kier alpha value is -1.37. The molecule has 0 aliphatic carbocycles. The van der Waals surface area contributed by atoms with Crippen LogP contribution in [0.15, 0.2) is 24.3 Å². The number of nitrogens with zero attached hydrogens (tertiary/aromatic N) is 3. The van der Waals surface area contributed by atoms with Gasteiger partial charge in [-0.2, -0.15) is 5.26 Å². The average Bonchev–Trinajstić information content (AvgIpc) is 2.41. The summed E-state index contributed by atoms with van der Waals surface area (Å²) in [6, 6.07) is 10.2. The summed E-state index contributed by atoms with van der Waals surface area (Å²) in [4.78, 5) is 4.99. The molecule has 2 rings (SSSR count). The Kier molecular flexibility index (Phi) is 4.95. The van der Waals surface area contributed by atoms with E-state index in [0.717, 1.165) is 49.8 Å². The highest BCUT2D eigenvalue weighted by molar-refractivity contribution is 5.37. The van der Waals surface area contributed by atoms with E-state index in [1.54, 1.807) is 0 Å². The molecular weight excluding hydrogens is 234 g/mol. The molecule has 1 saturated heterocycles. The Morgan fingerprint density at radius 2 is 1.74 bits per heavy atom. The van der Waals surface area contributed by atoms with Gasteiger partial charge in [-0.15, -0.1) is 0 Å². The van der Waals surface area contributed by atoms with E-state index in [4.69, 9.17) is 5.26 Å². The van der Waals surface area contributed by atoms with Crippen LogP contribution in [-0.4, -0.2) is 42.5 Å². The third-order valence-corrected chi connectivity index (χ3v) is 3.62. The second-order valence-corrected chi connectivity index (χ2v) is 5.74. The summed E-state index contributed by atoms with van der Waals surface area (Å²) >= 11 is 0. The maximum absolute atomic E-state index is 9.11. The van der Waals surface area contributed by atoms with Crippen molar-refractivity contribution in [1.29, 1.82) is 5.26 Å². The van der Waals surface area contributed by atoms with Gasteiger partial charge in [-0.3, -0.25) is 4.90 Å². The van der Waals surface area contributed by atoms with Gasteiger partial charge in [0.15, 0.2) is 0 Å². The first-order valence-electron chi connectivity index (χ1n) is 7.11. The van der Waals surface area contributed by atoms with Crippen molar-refractivity contribution < 1.29 is 0 Å². The van der Waals surface area contributed by atoms with E-state index in [-0.39, 0.29) is 0 Å². The molecule has 0 N–H and O–H groups in total. The number of nitriles is 1. The summed E-state index contributed by atoms with van der Waals surface area (Å²) < 4.78 is 0. The van der Waals surface area contributed by atoms with Gasteiger partial charge in [0.05, 0.1) is 11.6 Å². The molecule has 0 bridgehead atoms. The van der Waals surface area contributed by atoms with Crippen molar-refractivity contribution in [3.8, 4) is 6.07 Å². The van der Waals surface area contributed by atoms with Crippen molar-refractivity contribution in [3.63, 3.8) is 0 Å². The Bertz CT molecular complexity index is 440. The summed E-state index contributed by atoms with van der Waals surface area (Å²) in [5.41, 5.74) is 1.97. The Labute approximate surface area is 116 Å². The molecule has 1 aliphatic heterocycles. The van der Waals surface area contributed by atoms with Gasteiger partial charge in [0.25, 0.3) is 0 Å². The third-order valence-electron chi connectivity index (χ3n) is 3.62. The summed E-state index contributed by atoms with van der Waals surface area (Å²) in [5.74, 6) is 0.742. The van der Waals surface area contributed by atoms with Crippen LogP contribution >= 0.6 is 0 Å². The standard InChI is InChI=1S/C16H23N3/c1-14(2)12-18-7-9-19(10-8-18)13-16-6-4-3-5-15(16)11-17/h3-6,14H,7-10,12-13H2,1-2H3. The van der Waals surface area contributed by atoms with Gasteiger partial charge in [0.1, 0.15) is 0 Å². The zero-order chi connectivity index (χ0) is 13.7. The summed E-state index contributed by atoms with van der Waals surface area (Å²) in [6.45, 7) is 11.1. The van der Waals surface area contributed by atoms with Gasteiger partial charge in [0, 0.05) is 39.3 Å². The number of piperazine rings is 1. The number of hydrogen-bond acceptors (Lipinski definition) is 3. The zero-order valence-corrected chi connectivity index (χ0v) is 12.0. The highest BCUT2D eigenvalue weighted by Gasteiger charge is 2.18. The average molecular weight is 257 g/mol. The fourth-order valence-corrected chi connectivity index (χ4v) is 2.65. The first kappa shape index (κ1) is 14.0. The van der Waals surface area contributed by atoms with E-state index < -0.39 is 0 Å². The summed E-state index contributed by atoms with van der Waals surface area (Å²) in [6.07, 6.45) is 0. The maximum Gasteiger partial charge on any atom is 0.0995 e. The molecule has 1 heterocycles. The highest BCUT2D eigenvalue weighted by Crippen LogP contribution is 2.13. The molecule has 0 radical (unpaired) electrons. The van der Waals surface area contributed by atoms with Crippen LogP contribution in [0.5, 0.6) is 0 Å². The minimum Gasteiger partial charge on any atom is -0.301 e. The van der Waals surface area contributed by atoms with Gasteiger partial charge < -0.3 is 4.90 Å². The van der Waals surface area contributed by atoms with Crippen molar-refractivity contribution in [2.45, 2.75) is 20.4 Å². The second-order valence-electron chi connectivity index (χ2n) is 5.74. The second kappa shape index (κ2) is 6.70. The number of benzene rings is 1. The van der Waals surface area contributed by atoms with Crippen molar-refractivity contribution in [2.24, 2.45) is 5.92 Å². The van der Waals surface area contributed by atoms with E-state index in [9.17, 15) is 0 Å². The first-order chi connectivity index (χ1) is 9.19. The van der Waals surface area contributed by atoms with Crippen LogP contribution < -0.4 is 0 Å². The maximum atomic E-state index is 9.11. The smallest absolute Gasteiger partial charge is 0.0995 e. The lowest BCUT2D eigenvalue weighted by molar-refractivity contribution is 0.117. The number of rotatable bonds is 4. The van der Waals surface area contributed by atoms with Gasteiger partial charge in [-0.1, -0.05) is 32.0 Å². The van der Waals surface area contributed by atoms with Gasteiger partial charge in [-0.05, 0) is 17.5 Å². The van der Waals surface area contributed by atoms with Crippen LogP contribution in [-0.2, 0) is 6.54 Å². The molecule has 3 heteroatoms. The Morgan fingerprint density at radius 1 is 1.11 bits per heavy atom. The van der Waals surface area contributed by atoms with Crippen LogP contribution in [0.4, 0.5) is 0 Å². The SMILES string of the molecule is CC(C)CN1CCN(Cc2ccccc2C#N)CC1. The van der Waals surface area contributed by atoms with E-state index in [2.05, 4.69) is 35.8 Å². The van der Waals surface area contributed by atoms with E-state index in [0.29, 0.717) is 0 Å². The quantitative estimate of drug-likeness (QED) is 0.829. The lowest BCUT2D eigenvalue weighted by Crippen LogP contribution is -2.46. The Balaban J connectivity index is 1.87. The van der Waals surface area contributed by atoms with Gasteiger partial charge in [-0.25, -0.2) is 0 Å². The highest BCUT2D eigenvalue weighted by atomic mass is 15.3. The van der Waals surface area contributed by atoms with Crippen LogP contribution in [0.25, 0.3) is 0 Å². The monoisotopic (exact) mass is 257 g/mol. The van der Waals surface area contributed by atoms with Crippen LogP contribution in [0.1, 0.15) is 25.0 Å². The Morgan fingerprint density at radius 3 is 2.37 bits per heavy atom. The van der Waals surface area contributed by atoms with Crippen LogP contribution in [0, 0.1) is 17.2 Å².